The third kappa shape index (κ3) is 16.4. The van der Waals surface area contributed by atoms with Gasteiger partial charge in [0.15, 0.2) is 0 Å². The number of aldehydes is 1. The van der Waals surface area contributed by atoms with Crippen molar-refractivity contribution in [3.05, 3.63) is 65.6 Å². The number of halogens is 6. The fourth-order valence-electron chi connectivity index (χ4n) is 2.77. The zero-order chi connectivity index (χ0) is 29.7. The fraction of sp³-hybridized carbons (Fsp3) is 0.400. The van der Waals surface area contributed by atoms with Gasteiger partial charge in [-0.3, -0.25) is 0 Å². The van der Waals surface area contributed by atoms with Crippen molar-refractivity contribution >= 4 is 24.6 Å². The quantitative estimate of drug-likeness (QED) is 0.0996. The summed E-state index contributed by atoms with van der Waals surface area (Å²) >= 11 is 0. The molecule has 0 saturated heterocycles. The first-order chi connectivity index (χ1) is 17.4. The first-order valence-electron chi connectivity index (χ1n) is 10.6. The fourth-order valence-corrected chi connectivity index (χ4v) is 2.77. The monoisotopic (exact) mass is 557 g/mol. The number of amides is 1. The Hall–Kier alpha value is -3.17. The van der Waals surface area contributed by atoms with Crippen LogP contribution in [-0.2, 0) is 36.7 Å². The van der Waals surface area contributed by atoms with E-state index in [1.165, 1.54) is 24.3 Å². The average Bonchev–Trinajstić information content (AvgIpc) is 2.75. The van der Waals surface area contributed by atoms with Crippen LogP contribution in [-0.4, -0.2) is 55.7 Å². The predicted molar refractivity (Wildman–Crippen MR) is 123 cm³/mol. The van der Waals surface area contributed by atoms with Gasteiger partial charge in [0, 0.05) is 6.42 Å². The molecular weight excluding hydrogens is 531 g/mol. The number of hydrogen-bond donors (Lipinski definition) is 1. The molecule has 1 aromatic carbocycles. The largest absolute Gasteiger partial charge is 1.00 e. The molecule has 7 nitrogen and oxygen atoms in total. The molecule has 0 aromatic heterocycles. The molecule has 1 rings (SSSR count). The van der Waals surface area contributed by atoms with Crippen LogP contribution in [0.5, 0.6) is 0 Å². The maximum Gasteiger partial charge on any atom is 1.00 e. The molecular formula is C25H26F6LiNO6-2. The molecule has 0 saturated carbocycles. The normalized spacial score (nSPS) is 13.1. The number of methoxy groups -OCH3 is 1. The van der Waals surface area contributed by atoms with E-state index in [1.807, 2.05) is 0 Å². The molecule has 0 unspecified atom stereocenters. The summed E-state index contributed by atoms with van der Waals surface area (Å²) in [6, 6.07) is 4.34. The van der Waals surface area contributed by atoms with Gasteiger partial charge in [0.1, 0.15) is 11.6 Å². The van der Waals surface area contributed by atoms with Crippen LogP contribution in [0.3, 0.4) is 0 Å². The van der Waals surface area contributed by atoms with Gasteiger partial charge in [-0.1, -0.05) is 24.3 Å². The number of benzene rings is 1. The molecule has 0 aliphatic carbocycles. The van der Waals surface area contributed by atoms with Crippen molar-refractivity contribution in [2.75, 3.05) is 7.11 Å². The van der Waals surface area contributed by atoms with Crippen molar-refractivity contribution in [2.24, 2.45) is 0 Å². The van der Waals surface area contributed by atoms with Crippen LogP contribution in [0, 0.1) is 13.0 Å². The third-order valence-electron chi connectivity index (χ3n) is 4.12. The average molecular weight is 557 g/mol. The van der Waals surface area contributed by atoms with Crippen molar-refractivity contribution in [3.63, 3.8) is 0 Å². The Labute approximate surface area is 234 Å². The van der Waals surface area contributed by atoms with Crippen LogP contribution < -0.4 is 24.2 Å². The van der Waals surface area contributed by atoms with Gasteiger partial charge < -0.3 is 31.3 Å². The molecule has 14 heteroatoms. The van der Waals surface area contributed by atoms with E-state index in [0.717, 1.165) is 13.4 Å². The summed E-state index contributed by atoms with van der Waals surface area (Å²) in [6.45, 7) is 7.62. The molecule has 1 aromatic rings. The Morgan fingerprint density at radius 2 is 1.64 bits per heavy atom. The number of alkyl carbamates (subject to hydrolysis) is 1. The number of allylic oxidation sites excluding steroid dienone is 4. The van der Waals surface area contributed by atoms with E-state index < -0.39 is 53.6 Å². The van der Waals surface area contributed by atoms with E-state index in [9.17, 15) is 40.7 Å². The number of ether oxygens (including phenoxy) is 2. The van der Waals surface area contributed by atoms with Crippen LogP contribution in [0.15, 0.2) is 41.5 Å². The van der Waals surface area contributed by atoms with E-state index in [2.05, 4.69) is 17.0 Å². The van der Waals surface area contributed by atoms with E-state index in [0.29, 0.717) is 17.9 Å². The van der Waals surface area contributed by atoms with Gasteiger partial charge in [0.25, 0.3) is 0 Å². The summed E-state index contributed by atoms with van der Waals surface area (Å²) in [5, 5.41) is 2.34. The number of carbonyl (C=O) groups is 3. The summed E-state index contributed by atoms with van der Waals surface area (Å²) in [7, 11) is 1.09. The summed E-state index contributed by atoms with van der Waals surface area (Å²) in [5.74, 6) is -0.824. The van der Waals surface area contributed by atoms with Gasteiger partial charge >= 0.3 is 43.3 Å². The van der Waals surface area contributed by atoms with Gasteiger partial charge in [-0.05, 0) is 50.9 Å². The topological polar surface area (TPSA) is 98.8 Å². The van der Waals surface area contributed by atoms with Crippen molar-refractivity contribution in [3.8, 4) is 0 Å². The summed E-state index contributed by atoms with van der Waals surface area (Å²) in [5.41, 5.74) is -3.29. The number of alkyl halides is 6. The van der Waals surface area contributed by atoms with Gasteiger partial charge in [-0.25, -0.2) is 15.7 Å². The summed E-state index contributed by atoms with van der Waals surface area (Å²) in [6.07, 6.45) is -10.3. The minimum absolute atomic E-state index is 0. The van der Waals surface area contributed by atoms with Crippen LogP contribution in [0.25, 0.3) is 0 Å². The Morgan fingerprint density at radius 3 is 2.08 bits per heavy atom. The first kappa shape index (κ1) is 38.0. The summed E-state index contributed by atoms with van der Waals surface area (Å²) < 4.78 is 86.6. The maximum absolute atomic E-state index is 13.3. The number of hydrogen-bond acceptors (Lipinski definition) is 6. The Morgan fingerprint density at radius 1 is 1.10 bits per heavy atom. The summed E-state index contributed by atoms with van der Waals surface area (Å²) in [4.78, 5) is 44.1. The van der Waals surface area contributed by atoms with Crippen molar-refractivity contribution < 1.29 is 73.9 Å². The van der Waals surface area contributed by atoms with Crippen LogP contribution >= 0.6 is 0 Å². The maximum atomic E-state index is 13.3. The molecule has 0 aliphatic heterocycles. The van der Waals surface area contributed by atoms with Gasteiger partial charge in [0.2, 0.25) is 0 Å². The van der Waals surface area contributed by atoms with E-state index in [4.69, 9.17) is 9.53 Å². The van der Waals surface area contributed by atoms with Gasteiger partial charge in [0.05, 0.1) is 7.11 Å². The van der Waals surface area contributed by atoms with Crippen LogP contribution in [0.1, 0.15) is 31.9 Å². The number of esters is 1. The molecule has 212 valence electrons. The smallest absolute Gasteiger partial charge is 0.467 e. The molecule has 0 spiro atoms. The first-order valence-corrected chi connectivity index (χ1v) is 10.6. The van der Waals surface area contributed by atoms with Crippen LogP contribution in [0.4, 0.5) is 31.1 Å². The van der Waals surface area contributed by atoms with Crippen molar-refractivity contribution in [1.82, 2.24) is 5.32 Å². The molecule has 0 heterocycles. The molecule has 1 amide bonds. The predicted octanol–water partition coefficient (Wildman–Crippen LogP) is 1.75. The molecule has 39 heavy (non-hydrogen) atoms. The SMILES string of the molecule is COC(=O)[C@H](Cc1cccc(C/C([C-]=O)=C(/C=[C-]C(F)(F)F)C(F)(F)F)c1)NC(=O)OC(C)(C)C.[CH2-]C=O.[Li+]. The van der Waals surface area contributed by atoms with Crippen molar-refractivity contribution in [1.29, 1.82) is 0 Å². The van der Waals surface area contributed by atoms with E-state index in [1.54, 1.807) is 20.8 Å². The Kier molecular flexibility index (Phi) is 16.3. The molecule has 0 radical (unpaired) electrons. The number of rotatable bonds is 8. The molecule has 0 fully saturated rings. The number of carbonyl (C=O) groups excluding carboxylic acids is 4. The molecule has 0 aliphatic rings. The molecule has 0 bridgehead atoms. The Balaban J connectivity index is 0. The van der Waals surface area contributed by atoms with Crippen molar-refractivity contribution in [2.45, 2.75) is 57.6 Å². The second-order valence-electron chi connectivity index (χ2n) is 8.37. The van der Waals surface area contributed by atoms with Gasteiger partial charge in [-0.2, -0.15) is 38.0 Å². The van der Waals surface area contributed by atoms with E-state index in [-0.39, 0.29) is 36.9 Å². The third-order valence-corrected chi connectivity index (χ3v) is 4.12. The van der Waals surface area contributed by atoms with E-state index >= 15 is 0 Å². The minimum atomic E-state index is -5.27. The zero-order valence-corrected chi connectivity index (χ0v) is 21.9. The number of nitrogens with one attached hydrogen (secondary N) is 1. The second kappa shape index (κ2) is 16.7. The standard InChI is InChI=1S/C23H23F6NO5.C2H3O.Li/c1-21(2,3)35-20(33)30-18(19(32)34-4)12-15-7-5-6-14(10-15)11-16(13-31)17(23(27,28)29)8-9-22(24,25)26;1-2-3;/h5-8,10,18H,11-12H2,1-4H3,(H,30,33);2H,1H2;/q-2;-1;+1/b17-16+;;/t18-;;/m0../s1. The Bertz CT molecular complexity index is 1030. The molecule has 1 atom stereocenters. The molecule has 1 N–H and O–H groups in total. The second-order valence-corrected chi connectivity index (χ2v) is 8.37. The van der Waals surface area contributed by atoms with Gasteiger partial charge in [-0.15, -0.1) is 5.57 Å². The van der Waals surface area contributed by atoms with Crippen LogP contribution in [0.2, 0.25) is 0 Å². The minimum Gasteiger partial charge on any atom is -0.467 e. The zero-order valence-electron chi connectivity index (χ0n) is 21.9.